The Labute approximate surface area is 99.1 Å². The Bertz CT molecular complexity index is 536. The predicted molar refractivity (Wildman–Crippen MR) is 66.0 cm³/mol. The van der Waals surface area contributed by atoms with Crippen LogP contribution in [0.25, 0.3) is 11.3 Å². The average molecular weight is 232 g/mol. The van der Waals surface area contributed by atoms with Gasteiger partial charge < -0.3 is 9.72 Å². The van der Waals surface area contributed by atoms with E-state index in [1.165, 1.54) is 0 Å². The van der Waals surface area contributed by atoms with E-state index in [0.29, 0.717) is 11.2 Å². The summed E-state index contributed by atoms with van der Waals surface area (Å²) in [6.45, 7) is 2.58. The van der Waals surface area contributed by atoms with E-state index in [2.05, 4.69) is 9.97 Å². The summed E-state index contributed by atoms with van der Waals surface area (Å²) in [6, 6.07) is 7.75. The molecule has 0 aliphatic carbocycles. The molecular formula is C12H12N2OS. The Morgan fingerprint density at radius 3 is 2.94 bits per heavy atom. The summed E-state index contributed by atoms with van der Waals surface area (Å²) in [6.07, 6.45) is 3.41. The minimum absolute atomic E-state index is 0.620. The molecule has 1 aromatic carbocycles. The molecule has 3 nitrogen and oxygen atoms in total. The van der Waals surface area contributed by atoms with Crippen LogP contribution >= 0.6 is 12.2 Å². The van der Waals surface area contributed by atoms with Crippen LogP contribution in [0.1, 0.15) is 6.92 Å². The number of hydrogen-bond donors (Lipinski definition) is 1. The number of H-pyrrole nitrogens is 1. The van der Waals surface area contributed by atoms with Crippen LogP contribution in [0.5, 0.6) is 5.75 Å². The first-order chi connectivity index (χ1) is 7.83. The van der Waals surface area contributed by atoms with E-state index in [1.54, 1.807) is 12.4 Å². The highest BCUT2D eigenvalue weighted by atomic mass is 32.1. The molecule has 0 atom stereocenters. The standard InChI is InChI=1S/C12H12N2OS/c1-2-15-10-6-4-3-5-9(10)11-12(16)14-8-7-13-11/h3-8H,2H2,1H3,(H,14,16). The lowest BCUT2D eigenvalue weighted by Gasteiger charge is -2.08. The van der Waals surface area contributed by atoms with Crippen LogP contribution in [0.15, 0.2) is 36.7 Å². The third kappa shape index (κ3) is 2.12. The second kappa shape index (κ2) is 4.90. The molecule has 1 aromatic heterocycles. The summed E-state index contributed by atoms with van der Waals surface area (Å²) in [4.78, 5) is 7.24. The molecule has 0 saturated carbocycles. The molecular weight excluding hydrogens is 220 g/mol. The van der Waals surface area contributed by atoms with Crippen molar-refractivity contribution in [2.24, 2.45) is 0 Å². The second-order valence-electron chi connectivity index (χ2n) is 3.20. The van der Waals surface area contributed by atoms with E-state index in [1.807, 2.05) is 31.2 Å². The van der Waals surface area contributed by atoms with Gasteiger partial charge in [0.25, 0.3) is 0 Å². The van der Waals surface area contributed by atoms with Crippen molar-refractivity contribution in [1.29, 1.82) is 0 Å². The maximum absolute atomic E-state index is 5.55. The molecule has 16 heavy (non-hydrogen) atoms. The zero-order valence-corrected chi connectivity index (χ0v) is 9.75. The third-order valence-corrected chi connectivity index (χ3v) is 2.46. The van der Waals surface area contributed by atoms with E-state index in [0.717, 1.165) is 17.0 Å². The molecule has 0 amide bonds. The van der Waals surface area contributed by atoms with Gasteiger partial charge in [0.1, 0.15) is 16.1 Å². The van der Waals surface area contributed by atoms with Gasteiger partial charge in [0.2, 0.25) is 0 Å². The number of rotatable bonds is 3. The van der Waals surface area contributed by atoms with E-state index in [4.69, 9.17) is 17.0 Å². The lowest BCUT2D eigenvalue weighted by atomic mass is 10.1. The summed E-state index contributed by atoms with van der Waals surface area (Å²) in [5.41, 5.74) is 1.67. The van der Waals surface area contributed by atoms with Crippen molar-refractivity contribution in [1.82, 2.24) is 9.97 Å². The van der Waals surface area contributed by atoms with Crippen LogP contribution in [0.4, 0.5) is 0 Å². The molecule has 82 valence electrons. The summed E-state index contributed by atoms with van der Waals surface area (Å²) in [5.74, 6) is 0.809. The largest absolute Gasteiger partial charge is 0.493 e. The van der Waals surface area contributed by atoms with Crippen molar-refractivity contribution in [3.8, 4) is 17.0 Å². The minimum Gasteiger partial charge on any atom is -0.493 e. The lowest BCUT2D eigenvalue weighted by molar-refractivity contribution is 0.341. The van der Waals surface area contributed by atoms with Gasteiger partial charge in [-0.25, -0.2) is 0 Å². The monoisotopic (exact) mass is 232 g/mol. The van der Waals surface area contributed by atoms with Crippen molar-refractivity contribution in [3.05, 3.63) is 41.3 Å². The van der Waals surface area contributed by atoms with Gasteiger partial charge in [-0.15, -0.1) is 0 Å². The Kier molecular flexibility index (Phi) is 3.31. The van der Waals surface area contributed by atoms with Gasteiger partial charge in [-0.05, 0) is 19.1 Å². The van der Waals surface area contributed by atoms with Gasteiger partial charge in [-0.1, -0.05) is 24.4 Å². The van der Waals surface area contributed by atoms with Crippen molar-refractivity contribution < 1.29 is 4.74 Å². The molecule has 0 saturated heterocycles. The number of aromatic amines is 1. The average Bonchev–Trinajstić information content (AvgIpc) is 2.31. The highest BCUT2D eigenvalue weighted by molar-refractivity contribution is 7.71. The number of ether oxygens (including phenoxy) is 1. The number of nitrogens with one attached hydrogen (secondary N) is 1. The number of hydrogen-bond acceptors (Lipinski definition) is 3. The number of aromatic nitrogens is 2. The topological polar surface area (TPSA) is 37.9 Å². The molecule has 0 spiro atoms. The maximum Gasteiger partial charge on any atom is 0.130 e. The van der Waals surface area contributed by atoms with Gasteiger partial charge in [0.15, 0.2) is 0 Å². The van der Waals surface area contributed by atoms with E-state index in [-0.39, 0.29) is 0 Å². The van der Waals surface area contributed by atoms with Crippen molar-refractivity contribution in [2.45, 2.75) is 6.92 Å². The van der Waals surface area contributed by atoms with Gasteiger partial charge in [-0.2, -0.15) is 0 Å². The summed E-state index contributed by atoms with van der Waals surface area (Å²) < 4.78 is 6.17. The molecule has 0 aliphatic rings. The molecule has 2 aromatic rings. The van der Waals surface area contributed by atoms with Gasteiger partial charge in [-0.3, -0.25) is 4.98 Å². The van der Waals surface area contributed by atoms with Gasteiger partial charge in [0.05, 0.1) is 6.61 Å². The fraction of sp³-hybridized carbons (Fsp3) is 0.167. The van der Waals surface area contributed by atoms with Crippen LogP contribution in [0, 0.1) is 4.64 Å². The van der Waals surface area contributed by atoms with E-state index >= 15 is 0 Å². The van der Waals surface area contributed by atoms with Crippen LogP contribution in [0.2, 0.25) is 0 Å². The van der Waals surface area contributed by atoms with Crippen molar-refractivity contribution >= 4 is 12.2 Å². The molecule has 0 aliphatic heterocycles. The molecule has 0 fully saturated rings. The normalized spacial score (nSPS) is 10.1. The highest BCUT2D eigenvalue weighted by Crippen LogP contribution is 2.28. The first-order valence-electron chi connectivity index (χ1n) is 5.09. The zero-order chi connectivity index (χ0) is 11.4. The lowest BCUT2D eigenvalue weighted by Crippen LogP contribution is -1.95. The first kappa shape index (κ1) is 10.8. The molecule has 4 heteroatoms. The minimum atomic E-state index is 0.620. The predicted octanol–water partition coefficient (Wildman–Crippen LogP) is 3.20. The Balaban J connectivity index is 2.56. The Morgan fingerprint density at radius 2 is 2.19 bits per heavy atom. The fourth-order valence-corrected chi connectivity index (χ4v) is 1.72. The summed E-state index contributed by atoms with van der Waals surface area (Å²) in [7, 11) is 0. The molecule has 0 unspecified atom stereocenters. The first-order valence-corrected chi connectivity index (χ1v) is 5.49. The summed E-state index contributed by atoms with van der Waals surface area (Å²) >= 11 is 5.20. The molecule has 0 radical (unpaired) electrons. The highest BCUT2D eigenvalue weighted by Gasteiger charge is 2.07. The van der Waals surface area contributed by atoms with Crippen LogP contribution in [0.3, 0.4) is 0 Å². The molecule has 0 bridgehead atoms. The van der Waals surface area contributed by atoms with Gasteiger partial charge >= 0.3 is 0 Å². The SMILES string of the molecule is CCOc1ccccc1-c1ncc[nH]c1=S. The zero-order valence-electron chi connectivity index (χ0n) is 8.93. The maximum atomic E-state index is 5.55. The quantitative estimate of drug-likeness (QED) is 0.826. The van der Waals surface area contributed by atoms with E-state index < -0.39 is 0 Å². The Morgan fingerprint density at radius 1 is 1.38 bits per heavy atom. The molecule has 1 heterocycles. The second-order valence-corrected chi connectivity index (χ2v) is 3.60. The summed E-state index contributed by atoms with van der Waals surface area (Å²) in [5, 5.41) is 0. The van der Waals surface area contributed by atoms with Crippen LogP contribution in [-0.2, 0) is 0 Å². The fourth-order valence-electron chi connectivity index (χ4n) is 1.49. The van der Waals surface area contributed by atoms with Crippen molar-refractivity contribution in [3.63, 3.8) is 0 Å². The number of para-hydroxylation sites is 1. The van der Waals surface area contributed by atoms with Crippen LogP contribution < -0.4 is 4.74 Å². The van der Waals surface area contributed by atoms with Gasteiger partial charge in [0, 0.05) is 18.0 Å². The molecule has 1 N–H and O–H groups in total. The third-order valence-electron chi connectivity index (χ3n) is 2.15. The van der Waals surface area contributed by atoms with Crippen molar-refractivity contribution in [2.75, 3.05) is 6.61 Å². The van der Waals surface area contributed by atoms with Crippen LogP contribution in [-0.4, -0.2) is 16.6 Å². The molecule has 2 rings (SSSR count). The Hall–Kier alpha value is -1.68. The smallest absolute Gasteiger partial charge is 0.130 e. The van der Waals surface area contributed by atoms with E-state index in [9.17, 15) is 0 Å². The number of benzene rings is 1. The number of nitrogens with zero attached hydrogens (tertiary/aromatic N) is 1.